The van der Waals surface area contributed by atoms with E-state index in [0.717, 1.165) is 0 Å². The molecule has 6 heteroatoms. The Morgan fingerprint density at radius 1 is 1.28 bits per heavy atom. The summed E-state index contributed by atoms with van der Waals surface area (Å²) in [6.45, 7) is 2.08. The first kappa shape index (κ1) is 13.0. The molecule has 4 nitrogen and oxygen atoms in total. The molecule has 0 bridgehead atoms. The van der Waals surface area contributed by atoms with Crippen molar-refractivity contribution in [3.05, 3.63) is 35.1 Å². The van der Waals surface area contributed by atoms with Crippen LogP contribution in [-0.2, 0) is 9.84 Å². The maximum absolute atomic E-state index is 13.0. The van der Waals surface area contributed by atoms with Crippen molar-refractivity contribution in [2.75, 3.05) is 24.6 Å². The maximum Gasteiger partial charge on any atom is 0.254 e. The van der Waals surface area contributed by atoms with Crippen LogP contribution < -0.4 is 0 Å². The second-order valence-electron chi connectivity index (χ2n) is 4.40. The molecule has 0 atom stereocenters. The Labute approximate surface area is 105 Å². The molecule has 98 valence electrons. The van der Waals surface area contributed by atoms with Crippen molar-refractivity contribution in [3.8, 4) is 0 Å². The molecule has 1 aliphatic heterocycles. The van der Waals surface area contributed by atoms with E-state index in [-0.39, 0.29) is 36.3 Å². The van der Waals surface area contributed by atoms with Gasteiger partial charge in [-0.15, -0.1) is 0 Å². The molecular formula is C12H14FNO3S. The van der Waals surface area contributed by atoms with Crippen LogP contribution >= 0.6 is 0 Å². The fourth-order valence-electron chi connectivity index (χ4n) is 1.95. The van der Waals surface area contributed by atoms with Crippen molar-refractivity contribution in [1.29, 1.82) is 0 Å². The molecule has 0 N–H and O–H groups in total. The number of rotatable bonds is 1. The van der Waals surface area contributed by atoms with Gasteiger partial charge in [-0.2, -0.15) is 0 Å². The summed E-state index contributed by atoms with van der Waals surface area (Å²) in [6.07, 6.45) is 0. The lowest BCUT2D eigenvalue weighted by atomic mass is 10.1. The second kappa shape index (κ2) is 4.68. The van der Waals surface area contributed by atoms with Crippen molar-refractivity contribution < 1.29 is 17.6 Å². The number of nitrogens with zero attached hydrogens (tertiary/aromatic N) is 1. The second-order valence-corrected chi connectivity index (χ2v) is 6.71. The number of hydrogen-bond acceptors (Lipinski definition) is 3. The molecule has 1 heterocycles. The van der Waals surface area contributed by atoms with Gasteiger partial charge < -0.3 is 4.90 Å². The number of benzene rings is 1. The maximum atomic E-state index is 13.0. The van der Waals surface area contributed by atoms with Gasteiger partial charge in [-0.25, -0.2) is 12.8 Å². The average Bonchev–Trinajstić information content (AvgIpc) is 2.28. The molecule has 0 unspecified atom stereocenters. The van der Waals surface area contributed by atoms with E-state index in [0.29, 0.717) is 11.1 Å². The number of halogens is 1. The molecule has 1 aromatic carbocycles. The number of hydrogen-bond donors (Lipinski definition) is 0. The minimum atomic E-state index is -3.00. The molecule has 1 aliphatic rings. The summed E-state index contributed by atoms with van der Waals surface area (Å²) in [4.78, 5) is 13.7. The standard InChI is InChI=1S/C12H14FNO3S/c1-9-8-10(13)2-3-11(9)12(15)14-4-6-18(16,17)7-5-14/h2-3,8H,4-7H2,1H3. The Balaban J connectivity index is 2.17. The number of amides is 1. The average molecular weight is 271 g/mol. The lowest BCUT2D eigenvalue weighted by Gasteiger charge is -2.27. The predicted octanol–water partition coefficient (Wildman–Crippen LogP) is 1.00. The highest BCUT2D eigenvalue weighted by molar-refractivity contribution is 7.91. The van der Waals surface area contributed by atoms with Crippen LogP contribution in [0.1, 0.15) is 15.9 Å². The van der Waals surface area contributed by atoms with Gasteiger partial charge in [0.05, 0.1) is 11.5 Å². The largest absolute Gasteiger partial charge is 0.337 e. The van der Waals surface area contributed by atoms with Gasteiger partial charge in [0.1, 0.15) is 5.82 Å². The zero-order chi connectivity index (χ0) is 13.3. The molecule has 1 saturated heterocycles. The summed E-state index contributed by atoms with van der Waals surface area (Å²) in [5, 5.41) is 0. The molecule has 2 rings (SSSR count). The highest BCUT2D eigenvalue weighted by Gasteiger charge is 2.26. The van der Waals surface area contributed by atoms with Crippen molar-refractivity contribution in [2.24, 2.45) is 0 Å². The van der Waals surface area contributed by atoms with Crippen LogP contribution in [0.2, 0.25) is 0 Å². The molecule has 0 aliphatic carbocycles. The molecular weight excluding hydrogens is 257 g/mol. The van der Waals surface area contributed by atoms with Crippen LogP contribution in [0.15, 0.2) is 18.2 Å². The first-order chi connectivity index (χ1) is 8.39. The lowest BCUT2D eigenvalue weighted by molar-refractivity contribution is 0.0769. The Morgan fingerprint density at radius 3 is 2.44 bits per heavy atom. The van der Waals surface area contributed by atoms with Crippen molar-refractivity contribution in [1.82, 2.24) is 4.90 Å². The zero-order valence-electron chi connectivity index (χ0n) is 10.0. The number of sulfone groups is 1. The van der Waals surface area contributed by atoms with E-state index >= 15 is 0 Å². The number of carbonyl (C=O) groups excluding carboxylic acids is 1. The van der Waals surface area contributed by atoms with Gasteiger partial charge in [-0.1, -0.05) is 0 Å². The van der Waals surface area contributed by atoms with Crippen molar-refractivity contribution in [3.63, 3.8) is 0 Å². The monoisotopic (exact) mass is 271 g/mol. The first-order valence-electron chi connectivity index (χ1n) is 5.65. The van der Waals surface area contributed by atoms with Gasteiger partial charge in [-0.05, 0) is 30.7 Å². The van der Waals surface area contributed by atoms with E-state index in [2.05, 4.69) is 0 Å². The summed E-state index contributed by atoms with van der Waals surface area (Å²) in [5.74, 6) is -0.620. The zero-order valence-corrected chi connectivity index (χ0v) is 10.8. The normalized spacial score (nSPS) is 18.7. The van der Waals surface area contributed by atoms with Crippen LogP contribution in [0.4, 0.5) is 4.39 Å². The van der Waals surface area contributed by atoms with Gasteiger partial charge in [0.2, 0.25) is 0 Å². The van der Waals surface area contributed by atoms with Gasteiger partial charge in [0.25, 0.3) is 5.91 Å². The highest BCUT2D eigenvalue weighted by atomic mass is 32.2. The van der Waals surface area contributed by atoms with Crippen LogP contribution in [-0.4, -0.2) is 43.8 Å². The van der Waals surface area contributed by atoms with Crippen molar-refractivity contribution >= 4 is 15.7 Å². The molecule has 0 spiro atoms. The minimum absolute atomic E-state index is 0.00101. The number of aryl methyl sites for hydroxylation is 1. The molecule has 1 amide bonds. The molecule has 0 radical (unpaired) electrons. The minimum Gasteiger partial charge on any atom is -0.337 e. The van der Waals surface area contributed by atoms with Gasteiger partial charge in [0, 0.05) is 18.7 Å². The van der Waals surface area contributed by atoms with E-state index in [9.17, 15) is 17.6 Å². The summed E-state index contributed by atoms with van der Waals surface area (Å²) in [7, 11) is -3.00. The van der Waals surface area contributed by atoms with E-state index < -0.39 is 9.84 Å². The topological polar surface area (TPSA) is 54.5 Å². The Hall–Kier alpha value is -1.43. The Bertz CT molecular complexity index is 569. The fraction of sp³-hybridized carbons (Fsp3) is 0.417. The first-order valence-corrected chi connectivity index (χ1v) is 7.47. The quantitative estimate of drug-likeness (QED) is 0.766. The SMILES string of the molecule is Cc1cc(F)ccc1C(=O)N1CCS(=O)(=O)CC1. The lowest BCUT2D eigenvalue weighted by Crippen LogP contribution is -2.43. The Morgan fingerprint density at radius 2 is 1.89 bits per heavy atom. The van der Waals surface area contributed by atoms with Gasteiger partial charge in [-0.3, -0.25) is 4.79 Å². The predicted molar refractivity (Wildman–Crippen MR) is 65.7 cm³/mol. The van der Waals surface area contributed by atoms with Crippen LogP contribution in [0, 0.1) is 12.7 Å². The summed E-state index contributed by atoms with van der Waals surface area (Å²) >= 11 is 0. The molecule has 1 aromatic rings. The molecule has 0 saturated carbocycles. The summed E-state index contributed by atoms with van der Waals surface area (Å²) < 4.78 is 35.5. The van der Waals surface area contributed by atoms with Crippen LogP contribution in [0.25, 0.3) is 0 Å². The summed E-state index contributed by atoms with van der Waals surface area (Å²) in [5.41, 5.74) is 0.990. The highest BCUT2D eigenvalue weighted by Crippen LogP contribution is 2.15. The van der Waals surface area contributed by atoms with E-state index in [1.807, 2.05) is 0 Å². The van der Waals surface area contributed by atoms with Gasteiger partial charge in [0.15, 0.2) is 9.84 Å². The molecule has 1 fully saturated rings. The van der Waals surface area contributed by atoms with E-state index in [4.69, 9.17) is 0 Å². The summed E-state index contributed by atoms with van der Waals surface area (Å²) in [6, 6.07) is 3.98. The van der Waals surface area contributed by atoms with Gasteiger partial charge >= 0.3 is 0 Å². The van der Waals surface area contributed by atoms with E-state index in [1.165, 1.54) is 23.1 Å². The molecule has 0 aromatic heterocycles. The third kappa shape index (κ3) is 2.69. The third-order valence-electron chi connectivity index (χ3n) is 3.05. The number of carbonyl (C=O) groups is 1. The fourth-order valence-corrected chi connectivity index (χ4v) is 3.15. The third-order valence-corrected chi connectivity index (χ3v) is 4.66. The Kier molecular flexibility index (Phi) is 3.38. The van der Waals surface area contributed by atoms with Crippen molar-refractivity contribution in [2.45, 2.75) is 6.92 Å². The van der Waals surface area contributed by atoms with Crippen LogP contribution in [0.5, 0.6) is 0 Å². The van der Waals surface area contributed by atoms with Crippen LogP contribution in [0.3, 0.4) is 0 Å². The van der Waals surface area contributed by atoms with E-state index in [1.54, 1.807) is 6.92 Å². The smallest absolute Gasteiger partial charge is 0.254 e. The molecule has 18 heavy (non-hydrogen) atoms.